The van der Waals surface area contributed by atoms with Gasteiger partial charge in [0, 0.05) is 11.6 Å². The van der Waals surface area contributed by atoms with E-state index < -0.39 is 22.7 Å². The van der Waals surface area contributed by atoms with Crippen molar-refractivity contribution in [3.05, 3.63) is 70.2 Å². The van der Waals surface area contributed by atoms with Gasteiger partial charge < -0.3 is 10.6 Å². The molecule has 2 aliphatic rings. The number of hydrogen-bond acceptors (Lipinski definition) is 2. The maximum Gasteiger partial charge on any atom is 0.417 e. The summed E-state index contributed by atoms with van der Waals surface area (Å²) in [5.41, 5.74) is -0.526. The van der Waals surface area contributed by atoms with Crippen molar-refractivity contribution in [1.82, 2.24) is 10.6 Å². The fraction of sp³-hybridized carbons (Fsp3) is 0.381. The van der Waals surface area contributed by atoms with Crippen molar-refractivity contribution in [1.29, 1.82) is 0 Å². The minimum absolute atomic E-state index is 0. The lowest BCUT2D eigenvalue weighted by Gasteiger charge is -2.36. The van der Waals surface area contributed by atoms with Gasteiger partial charge in [-0.2, -0.15) is 13.2 Å². The zero-order valence-electron chi connectivity index (χ0n) is 15.4. The number of carbonyl (C=O) groups excluding carboxylic acids is 1. The molecule has 2 fully saturated rings. The van der Waals surface area contributed by atoms with Gasteiger partial charge >= 0.3 is 6.18 Å². The number of alkyl halides is 3. The first-order valence-corrected chi connectivity index (χ1v) is 9.67. The molecule has 29 heavy (non-hydrogen) atoms. The van der Waals surface area contributed by atoms with E-state index in [1.807, 2.05) is 30.3 Å². The molecule has 2 bridgehead atoms. The molecule has 1 unspecified atom stereocenters. The molecule has 3 nitrogen and oxygen atoms in total. The van der Waals surface area contributed by atoms with E-state index in [1.165, 1.54) is 12.1 Å². The zero-order valence-corrected chi connectivity index (χ0v) is 17.0. The van der Waals surface area contributed by atoms with Crippen LogP contribution in [0.1, 0.15) is 53.2 Å². The molecule has 2 N–H and O–H groups in total. The quantitative estimate of drug-likeness (QED) is 0.649. The Labute approximate surface area is 178 Å². The molecule has 2 heterocycles. The second-order valence-corrected chi connectivity index (χ2v) is 7.93. The maximum atomic E-state index is 13.2. The highest BCUT2D eigenvalue weighted by molar-refractivity contribution is 6.34. The highest BCUT2D eigenvalue weighted by Crippen LogP contribution is 2.45. The summed E-state index contributed by atoms with van der Waals surface area (Å²) < 4.78 is 39.5. The summed E-state index contributed by atoms with van der Waals surface area (Å²) >= 11 is 5.96. The molecule has 0 spiro atoms. The van der Waals surface area contributed by atoms with Gasteiger partial charge in [0.1, 0.15) is 0 Å². The average molecular weight is 445 g/mol. The van der Waals surface area contributed by atoms with Crippen LogP contribution in [0.15, 0.2) is 48.5 Å². The zero-order chi connectivity index (χ0) is 19.9. The predicted octanol–water partition coefficient (Wildman–Crippen LogP) is 5.54. The largest absolute Gasteiger partial charge is 0.417 e. The summed E-state index contributed by atoms with van der Waals surface area (Å²) in [7, 11) is 0. The van der Waals surface area contributed by atoms with Crippen molar-refractivity contribution in [3.8, 4) is 0 Å². The Morgan fingerprint density at radius 3 is 2.31 bits per heavy atom. The molecule has 8 heteroatoms. The van der Waals surface area contributed by atoms with E-state index in [-0.39, 0.29) is 29.6 Å². The van der Waals surface area contributed by atoms with E-state index in [0.717, 1.165) is 37.3 Å². The van der Waals surface area contributed by atoms with Crippen molar-refractivity contribution < 1.29 is 18.0 Å². The van der Waals surface area contributed by atoms with E-state index in [4.69, 9.17) is 11.6 Å². The van der Waals surface area contributed by atoms with E-state index in [9.17, 15) is 18.0 Å². The normalized spacial score (nSPS) is 24.1. The lowest BCUT2D eigenvalue weighted by Crippen LogP contribution is -2.50. The van der Waals surface area contributed by atoms with Crippen molar-refractivity contribution in [3.63, 3.8) is 0 Å². The topological polar surface area (TPSA) is 41.1 Å². The van der Waals surface area contributed by atoms with Crippen molar-refractivity contribution >= 4 is 29.9 Å². The molecule has 1 amide bonds. The van der Waals surface area contributed by atoms with Gasteiger partial charge in [-0.25, -0.2) is 0 Å². The van der Waals surface area contributed by atoms with E-state index >= 15 is 0 Å². The Morgan fingerprint density at radius 1 is 1.10 bits per heavy atom. The van der Waals surface area contributed by atoms with Gasteiger partial charge in [-0.3, -0.25) is 4.79 Å². The molecule has 0 aromatic heterocycles. The van der Waals surface area contributed by atoms with Crippen LogP contribution in [0.5, 0.6) is 0 Å². The Bertz CT molecular complexity index is 881. The number of hydrogen-bond donors (Lipinski definition) is 2. The summed E-state index contributed by atoms with van der Waals surface area (Å²) in [6.07, 6.45) is -0.731. The monoisotopic (exact) mass is 444 g/mol. The van der Waals surface area contributed by atoms with Gasteiger partial charge in [0.05, 0.1) is 22.2 Å². The molecule has 2 aromatic rings. The minimum atomic E-state index is -4.61. The van der Waals surface area contributed by atoms with Crippen LogP contribution >= 0.6 is 24.0 Å². The lowest BCUT2D eigenvalue weighted by molar-refractivity contribution is -0.137. The van der Waals surface area contributed by atoms with Gasteiger partial charge in [-0.1, -0.05) is 48.0 Å². The molecule has 156 valence electrons. The van der Waals surface area contributed by atoms with E-state index in [2.05, 4.69) is 10.6 Å². The van der Waals surface area contributed by atoms with Gasteiger partial charge in [-0.15, -0.1) is 12.4 Å². The smallest absolute Gasteiger partial charge is 0.343 e. The fourth-order valence-electron chi connectivity index (χ4n) is 4.52. The molecule has 2 aliphatic heterocycles. The molecule has 4 rings (SSSR count). The Hall–Kier alpha value is -1.76. The van der Waals surface area contributed by atoms with Crippen molar-refractivity contribution in [2.75, 3.05) is 0 Å². The first kappa shape index (κ1) is 21.9. The van der Waals surface area contributed by atoms with E-state index in [0.29, 0.717) is 6.04 Å². The van der Waals surface area contributed by atoms with Crippen LogP contribution in [0.3, 0.4) is 0 Å². The summed E-state index contributed by atoms with van der Waals surface area (Å²) in [6.45, 7) is 0. The molecule has 0 aliphatic carbocycles. The Balaban J connectivity index is 0.00000240. The summed E-state index contributed by atoms with van der Waals surface area (Å²) in [6, 6.07) is 13.0. The average Bonchev–Trinajstić information content (AvgIpc) is 3.28. The third-order valence-corrected chi connectivity index (χ3v) is 6.29. The highest BCUT2D eigenvalue weighted by Gasteiger charge is 2.50. The number of carbonyl (C=O) groups is 1. The molecular formula is C21H21Cl2F3N2O. The highest BCUT2D eigenvalue weighted by atomic mass is 35.5. The molecule has 0 radical (unpaired) electrons. The van der Waals surface area contributed by atoms with Crippen LogP contribution in [-0.4, -0.2) is 17.5 Å². The summed E-state index contributed by atoms with van der Waals surface area (Å²) in [4.78, 5) is 13.0. The van der Waals surface area contributed by atoms with Crippen LogP contribution in [0.25, 0.3) is 0 Å². The standard InChI is InChI=1S/C21H20ClF3N2O.ClH/c22-17-15(7-4-8-16(17)21(23,24)25)19(28)26-18(13-5-2-1-3-6-13)20-11-9-14(27-20)10-12-20;/h1-8,14,18,27H,9-12H2,(H,26,28);1H. The number of fused-ring (bicyclic) bond motifs is 2. The van der Waals surface area contributed by atoms with Crippen molar-refractivity contribution in [2.45, 2.75) is 49.5 Å². The number of benzene rings is 2. The van der Waals surface area contributed by atoms with Gasteiger partial charge in [-0.05, 0) is 43.4 Å². The lowest BCUT2D eigenvalue weighted by atomic mass is 9.78. The van der Waals surface area contributed by atoms with Crippen molar-refractivity contribution in [2.24, 2.45) is 0 Å². The molecule has 2 saturated heterocycles. The number of rotatable bonds is 4. The Morgan fingerprint density at radius 2 is 1.76 bits per heavy atom. The third-order valence-electron chi connectivity index (χ3n) is 5.88. The van der Waals surface area contributed by atoms with Crippen LogP contribution < -0.4 is 10.6 Å². The second kappa shape index (κ2) is 8.17. The van der Waals surface area contributed by atoms with Gasteiger partial charge in [0.15, 0.2) is 0 Å². The molecule has 1 atom stereocenters. The van der Waals surface area contributed by atoms with Gasteiger partial charge in [0.2, 0.25) is 0 Å². The number of nitrogens with one attached hydrogen (secondary N) is 2. The summed E-state index contributed by atoms with van der Waals surface area (Å²) in [5, 5.41) is 6.03. The predicted molar refractivity (Wildman–Crippen MR) is 108 cm³/mol. The maximum absolute atomic E-state index is 13.2. The summed E-state index contributed by atoms with van der Waals surface area (Å²) in [5.74, 6) is -0.600. The SMILES string of the molecule is Cl.O=C(NC(c1ccccc1)C12CCC(CC1)N2)c1cccc(C(F)(F)F)c1Cl. The van der Waals surface area contributed by atoms with Crippen LogP contribution in [0.2, 0.25) is 5.02 Å². The van der Waals surface area contributed by atoms with Gasteiger partial charge in [0.25, 0.3) is 5.91 Å². The first-order chi connectivity index (χ1) is 13.3. The molecule has 0 saturated carbocycles. The first-order valence-electron chi connectivity index (χ1n) is 9.29. The second-order valence-electron chi connectivity index (χ2n) is 7.56. The Kier molecular flexibility index (Phi) is 6.18. The number of amides is 1. The van der Waals surface area contributed by atoms with Crippen LogP contribution in [0, 0.1) is 0 Å². The third kappa shape index (κ3) is 4.11. The fourth-order valence-corrected chi connectivity index (χ4v) is 4.84. The minimum Gasteiger partial charge on any atom is -0.343 e. The van der Waals surface area contributed by atoms with E-state index in [1.54, 1.807) is 0 Å². The van der Waals surface area contributed by atoms with Crippen LogP contribution in [0.4, 0.5) is 13.2 Å². The molecule has 2 aromatic carbocycles. The van der Waals surface area contributed by atoms with Crippen LogP contribution in [-0.2, 0) is 6.18 Å². The molecular weight excluding hydrogens is 424 g/mol. The number of halogens is 5.